The topological polar surface area (TPSA) is 19.4 Å². The van der Waals surface area contributed by atoms with Gasteiger partial charge in [-0.15, -0.1) is 0 Å². The fraction of sp³-hybridized carbons (Fsp3) is 0.615. The van der Waals surface area contributed by atoms with Crippen LogP contribution in [0.5, 0.6) is 0 Å². The molecule has 1 aliphatic heterocycles. The van der Waals surface area contributed by atoms with E-state index in [1.54, 1.807) is 0 Å². The van der Waals surface area contributed by atoms with Crippen LogP contribution in [0.25, 0.3) is 0 Å². The van der Waals surface area contributed by atoms with Crippen molar-refractivity contribution in [3.8, 4) is 0 Å². The summed E-state index contributed by atoms with van der Waals surface area (Å²) in [5.74, 6) is 1.09. The average Bonchev–Trinajstić information content (AvgIpc) is 2.31. The second kappa shape index (κ2) is 5.83. The van der Waals surface area contributed by atoms with Gasteiger partial charge in [0.2, 0.25) is 0 Å². The zero-order valence-electron chi connectivity index (χ0n) is 10.6. The molecule has 1 fully saturated rings. The van der Waals surface area contributed by atoms with Crippen LogP contribution in [0.3, 0.4) is 0 Å². The molecule has 0 amide bonds. The molecule has 1 saturated heterocycles. The predicted octanol–water partition coefficient (Wildman–Crippen LogP) is 2.68. The Morgan fingerprint density at radius 2 is 2.00 bits per heavy atom. The maximum absolute atomic E-state index is 4.53. The van der Waals surface area contributed by atoms with Crippen LogP contribution in [0, 0.1) is 6.92 Å². The quantitative estimate of drug-likeness (QED) is 0.855. The highest BCUT2D eigenvalue weighted by Gasteiger charge is 2.18. The molecule has 0 saturated carbocycles. The van der Waals surface area contributed by atoms with Crippen LogP contribution in [0.15, 0.2) is 16.7 Å². The van der Waals surface area contributed by atoms with E-state index in [4.69, 9.17) is 0 Å². The van der Waals surface area contributed by atoms with Crippen LogP contribution < -0.4 is 4.90 Å². The summed E-state index contributed by atoms with van der Waals surface area (Å²) in [6.45, 7) is 9.98. The van der Waals surface area contributed by atoms with E-state index in [1.165, 1.54) is 18.5 Å². The molecule has 2 rings (SSSR count). The highest BCUT2D eigenvalue weighted by Crippen LogP contribution is 2.25. The number of aromatic nitrogens is 1. The summed E-state index contributed by atoms with van der Waals surface area (Å²) in [6.07, 6.45) is 3.19. The van der Waals surface area contributed by atoms with Gasteiger partial charge in [-0.2, -0.15) is 0 Å². The lowest BCUT2D eigenvalue weighted by atomic mass is 10.2. The normalized spacial score (nSPS) is 17.5. The average molecular weight is 298 g/mol. The minimum Gasteiger partial charge on any atom is -0.353 e. The van der Waals surface area contributed by atoms with Crippen molar-refractivity contribution in [1.82, 2.24) is 9.88 Å². The number of rotatable bonds is 3. The van der Waals surface area contributed by atoms with Crippen molar-refractivity contribution in [3.63, 3.8) is 0 Å². The molecule has 1 aliphatic rings. The molecule has 0 aromatic carbocycles. The third-order valence-electron chi connectivity index (χ3n) is 3.17. The van der Waals surface area contributed by atoms with Crippen LogP contribution in [-0.4, -0.2) is 42.6 Å². The summed E-state index contributed by atoms with van der Waals surface area (Å²) in [7, 11) is 0. The lowest BCUT2D eigenvalue weighted by molar-refractivity contribution is 0.258. The Bertz CT molecular complexity index is 373. The van der Waals surface area contributed by atoms with Gasteiger partial charge in [0.05, 0.1) is 4.47 Å². The maximum Gasteiger partial charge on any atom is 0.142 e. The van der Waals surface area contributed by atoms with E-state index in [2.05, 4.69) is 50.6 Å². The molecule has 1 aromatic rings. The lowest BCUT2D eigenvalue weighted by Gasteiger charge is -2.35. The van der Waals surface area contributed by atoms with Gasteiger partial charge in [-0.25, -0.2) is 4.98 Å². The van der Waals surface area contributed by atoms with Crippen molar-refractivity contribution in [3.05, 3.63) is 22.3 Å². The molecule has 0 aliphatic carbocycles. The van der Waals surface area contributed by atoms with Gasteiger partial charge in [0.1, 0.15) is 5.82 Å². The highest BCUT2D eigenvalue weighted by atomic mass is 79.9. The number of hydrogen-bond donors (Lipinski definition) is 0. The van der Waals surface area contributed by atoms with Crippen molar-refractivity contribution < 1.29 is 0 Å². The summed E-state index contributed by atoms with van der Waals surface area (Å²) in [6, 6.07) is 2.14. The van der Waals surface area contributed by atoms with E-state index < -0.39 is 0 Å². The van der Waals surface area contributed by atoms with E-state index >= 15 is 0 Å². The molecular weight excluding hydrogens is 278 g/mol. The van der Waals surface area contributed by atoms with Gasteiger partial charge in [0.25, 0.3) is 0 Å². The monoisotopic (exact) mass is 297 g/mol. The first-order chi connectivity index (χ1) is 8.20. The molecule has 4 heteroatoms. The Morgan fingerprint density at radius 3 is 2.59 bits per heavy atom. The third-order valence-corrected chi connectivity index (χ3v) is 3.75. The Morgan fingerprint density at radius 1 is 1.29 bits per heavy atom. The Balaban J connectivity index is 2.00. The summed E-state index contributed by atoms with van der Waals surface area (Å²) in [4.78, 5) is 9.43. The second-order valence-electron chi connectivity index (χ2n) is 4.65. The van der Waals surface area contributed by atoms with Gasteiger partial charge >= 0.3 is 0 Å². The van der Waals surface area contributed by atoms with Crippen molar-refractivity contribution in [2.45, 2.75) is 20.3 Å². The van der Waals surface area contributed by atoms with Gasteiger partial charge < -0.3 is 4.90 Å². The SMILES string of the molecule is CCCN1CCN(c2ncc(C)cc2Br)CC1. The Kier molecular flexibility index (Phi) is 4.40. The lowest BCUT2D eigenvalue weighted by Crippen LogP contribution is -2.46. The van der Waals surface area contributed by atoms with E-state index in [9.17, 15) is 0 Å². The second-order valence-corrected chi connectivity index (χ2v) is 5.50. The first-order valence-corrected chi connectivity index (χ1v) is 7.09. The number of pyridine rings is 1. The largest absolute Gasteiger partial charge is 0.353 e. The van der Waals surface area contributed by atoms with Crippen LogP contribution in [0.4, 0.5) is 5.82 Å². The summed E-state index contributed by atoms with van der Waals surface area (Å²) in [5.41, 5.74) is 1.20. The van der Waals surface area contributed by atoms with Gasteiger partial charge in [-0.3, -0.25) is 4.90 Å². The van der Waals surface area contributed by atoms with Crippen molar-refractivity contribution in [2.75, 3.05) is 37.6 Å². The Hall–Kier alpha value is -0.610. The number of piperazine rings is 1. The van der Waals surface area contributed by atoms with Gasteiger partial charge in [0, 0.05) is 32.4 Å². The van der Waals surface area contributed by atoms with Gasteiger partial charge in [-0.05, 0) is 47.4 Å². The summed E-state index contributed by atoms with van der Waals surface area (Å²) < 4.78 is 1.11. The molecule has 1 aromatic heterocycles. The first-order valence-electron chi connectivity index (χ1n) is 6.30. The molecule has 3 nitrogen and oxygen atoms in total. The number of hydrogen-bond acceptors (Lipinski definition) is 3. The standard InChI is InChI=1S/C13H20BrN3/c1-3-4-16-5-7-17(8-6-16)13-12(14)9-11(2)10-15-13/h9-10H,3-8H2,1-2H3. The summed E-state index contributed by atoms with van der Waals surface area (Å²) in [5, 5.41) is 0. The minimum atomic E-state index is 1.08. The van der Waals surface area contributed by atoms with Gasteiger partial charge in [-0.1, -0.05) is 6.92 Å². The molecule has 2 heterocycles. The highest BCUT2D eigenvalue weighted by molar-refractivity contribution is 9.10. The van der Waals surface area contributed by atoms with E-state index in [0.29, 0.717) is 0 Å². The molecule has 17 heavy (non-hydrogen) atoms. The van der Waals surface area contributed by atoms with Crippen molar-refractivity contribution >= 4 is 21.7 Å². The number of anilines is 1. The van der Waals surface area contributed by atoms with Crippen LogP contribution >= 0.6 is 15.9 Å². The smallest absolute Gasteiger partial charge is 0.142 e. The molecule has 0 bridgehead atoms. The Labute approximate surface area is 112 Å². The molecule has 0 unspecified atom stereocenters. The van der Waals surface area contributed by atoms with Crippen LogP contribution in [0.2, 0.25) is 0 Å². The maximum atomic E-state index is 4.53. The molecular formula is C13H20BrN3. The van der Waals surface area contributed by atoms with Crippen LogP contribution in [0.1, 0.15) is 18.9 Å². The first kappa shape index (κ1) is 12.8. The van der Waals surface area contributed by atoms with Crippen molar-refractivity contribution in [2.24, 2.45) is 0 Å². The minimum absolute atomic E-state index is 1.08. The summed E-state index contributed by atoms with van der Waals surface area (Å²) >= 11 is 3.61. The molecule has 94 valence electrons. The number of halogens is 1. The van der Waals surface area contributed by atoms with Gasteiger partial charge in [0.15, 0.2) is 0 Å². The predicted molar refractivity (Wildman–Crippen MR) is 75.6 cm³/mol. The third kappa shape index (κ3) is 3.19. The fourth-order valence-corrected chi connectivity index (χ4v) is 2.97. The van der Waals surface area contributed by atoms with Crippen LogP contribution in [-0.2, 0) is 0 Å². The van der Waals surface area contributed by atoms with E-state index in [1.807, 2.05) is 6.20 Å². The van der Waals surface area contributed by atoms with E-state index in [-0.39, 0.29) is 0 Å². The molecule has 0 N–H and O–H groups in total. The van der Waals surface area contributed by atoms with E-state index in [0.717, 1.165) is 36.5 Å². The zero-order chi connectivity index (χ0) is 12.3. The number of aryl methyl sites for hydroxylation is 1. The zero-order valence-corrected chi connectivity index (χ0v) is 12.2. The van der Waals surface area contributed by atoms with Crippen molar-refractivity contribution in [1.29, 1.82) is 0 Å². The molecule has 0 spiro atoms. The number of nitrogens with zero attached hydrogens (tertiary/aromatic N) is 3. The fourth-order valence-electron chi connectivity index (χ4n) is 2.26. The molecule has 0 radical (unpaired) electrons. The molecule has 0 atom stereocenters.